The fraction of sp³-hybridized carbons (Fsp3) is 0.286. The van der Waals surface area contributed by atoms with Gasteiger partial charge in [-0.2, -0.15) is 4.57 Å². The predicted molar refractivity (Wildman–Crippen MR) is 101 cm³/mol. The van der Waals surface area contributed by atoms with Crippen molar-refractivity contribution in [3.05, 3.63) is 36.0 Å². The highest BCUT2D eigenvalue weighted by molar-refractivity contribution is 5.97. The first-order valence-electron chi connectivity index (χ1n) is 8.68. The molecular formula is C21H22NO5+. The molecule has 27 heavy (non-hydrogen) atoms. The summed E-state index contributed by atoms with van der Waals surface area (Å²) in [6, 6.07) is 7.56. The van der Waals surface area contributed by atoms with E-state index in [2.05, 4.69) is 0 Å². The minimum atomic E-state index is 0.210. The summed E-state index contributed by atoms with van der Waals surface area (Å²) in [6.45, 7) is 0.738. The second-order valence-corrected chi connectivity index (χ2v) is 6.40. The second kappa shape index (κ2) is 6.54. The zero-order valence-corrected chi connectivity index (χ0v) is 15.8. The van der Waals surface area contributed by atoms with Crippen molar-refractivity contribution in [3.63, 3.8) is 0 Å². The van der Waals surface area contributed by atoms with Gasteiger partial charge in [-0.25, -0.2) is 0 Å². The molecule has 0 bridgehead atoms. The maximum atomic E-state index is 11.1. The van der Waals surface area contributed by atoms with Crippen LogP contribution in [0.2, 0.25) is 0 Å². The Morgan fingerprint density at radius 3 is 2.22 bits per heavy atom. The van der Waals surface area contributed by atoms with E-state index in [0.717, 1.165) is 35.2 Å². The number of hydrogen-bond acceptors (Lipinski definition) is 5. The highest BCUT2D eigenvalue weighted by atomic mass is 16.5. The van der Waals surface area contributed by atoms with Crippen LogP contribution in [-0.2, 0) is 13.0 Å². The maximum Gasteiger partial charge on any atom is 0.255 e. The van der Waals surface area contributed by atoms with E-state index in [9.17, 15) is 5.11 Å². The van der Waals surface area contributed by atoms with Crippen molar-refractivity contribution < 1.29 is 28.6 Å². The van der Waals surface area contributed by atoms with Crippen LogP contribution in [0.15, 0.2) is 30.5 Å². The van der Waals surface area contributed by atoms with Crippen LogP contribution >= 0.6 is 0 Å². The van der Waals surface area contributed by atoms with Crippen molar-refractivity contribution in [3.8, 4) is 40.0 Å². The molecule has 140 valence electrons. The molecule has 0 saturated heterocycles. The number of aryl methyl sites for hydroxylation is 2. The molecule has 4 rings (SSSR count). The Bertz CT molecular complexity index is 1040. The molecule has 1 N–H and O–H groups in total. The summed E-state index contributed by atoms with van der Waals surface area (Å²) in [6.07, 6.45) is 2.83. The SMILES string of the molecule is COc1cc2c(cc1OC)-c1c(O)c3ccc(OC)c(OC)c3c[n+]1CC2. The van der Waals surface area contributed by atoms with Crippen LogP contribution in [0, 0.1) is 0 Å². The summed E-state index contributed by atoms with van der Waals surface area (Å²) in [5.74, 6) is 2.78. The molecule has 0 unspecified atom stereocenters. The average Bonchev–Trinajstić information content (AvgIpc) is 2.71. The second-order valence-electron chi connectivity index (χ2n) is 6.40. The Morgan fingerprint density at radius 2 is 1.56 bits per heavy atom. The van der Waals surface area contributed by atoms with E-state index >= 15 is 0 Å². The third-order valence-electron chi connectivity index (χ3n) is 5.12. The normalized spacial score (nSPS) is 12.3. The Kier molecular flexibility index (Phi) is 4.18. The van der Waals surface area contributed by atoms with Crippen LogP contribution in [-0.4, -0.2) is 33.5 Å². The lowest BCUT2D eigenvalue weighted by Gasteiger charge is -2.20. The number of nitrogens with zero attached hydrogens (tertiary/aromatic N) is 1. The van der Waals surface area contributed by atoms with Gasteiger partial charge in [0, 0.05) is 11.8 Å². The quantitative estimate of drug-likeness (QED) is 0.717. The first-order valence-corrected chi connectivity index (χ1v) is 8.68. The number of aromatic nitrogens is 1. The summed E-state index contributed by atoms with van der Waals surface area (Å²) in [7, 11) is 6.44. The first-order chi connectivity index (χ1) is 13.1. The highest BCUT2D eigenvalue weighted by Crippen LogP contribution is 2.44. The standard InChI is InChI=1S/C21H21NO5/c1-24-16-6-5-13-15(21(16)27-4)11-22-8-7-12-9-17(25-2)18(26-3)10-14(12)19(22)20(13)23/h5-6,9-11H,7-8H2,1-4H3/p+1. The van der Waals surface area contributed by atoms with Crippen LogP contribution in [0.1, 0.15) is 5.56 Å². The molecule has 0 amide bonds. The van der Waals surface area contributed by atoms with Gasteiger partial charge in [0.15, 0.2) is 41.5 Å². The largest absolute Gasteiger partial charge is 0.502 e. The summed E-state index contributed by atoms with van der Waals surface area (Å²) in [5.41, 5.74) is 2.81. The lowest BCUT2D eigenvalue weighted by atomic mass is 9.94. The molecular weight excluding hydrogens is 346 g/mol. The third-order valence-corrected chi connectivity index (χ3v) is 5.12. The molecule has 0 atom stereocenters. The van der Waals surface area contributed by atoms with Crippen molar-refractivity contribution in [2.75, 3.05) is 28.4 Å². The molecule has 0 radical (unpaired) electrons. The lowest BCUT2D eigenvalue weighted by molar-refractivity contribution is -0.686. The monoisotopic (exact) mass is 368 g/mol. The van der Waals surface area contributed by atoms with Gasteiger partial charge in [-0.15, -0.1) is 0 Å². The Balaban J connectivity index is 2.03. The van der Waals surface area contributed by atoms with Crippen LogP contribution in [0.5, 0.6) is 28.7 Å². The summed E-state index contributed by atoms with van der Waals surface area (Å²) in [4.78, 5) is 0. The van der Waals surface area contributed by atoms with Gasteiger partial charge in [0.05, 0.1) is 39.4 Å². The summed E-state index contributed by atoms with van der Waals surface area (Å²) < 4.78 is 23.9. The molecule has 0 saturated carbocycles. The highest BCUT2D eigenvalue weighted by Gasteiger charge is 2.31. The predicted octanol–water partition coefficient (Wildman–Crippen LogP) is 3.09. The lowest BCUT2D eigenvalue weighted by Crippen LogP contribution is -2.40. The number of methoxy groups -OCH3 is 4. The molecule has 1 aromatic heterocycles. The van der Waals surface area contributed by atoms with Crippen molar-refractivity contribution >= 4 is 10.8 Å². The third kappa shape index (κ3) is 2.51. The Labute approximate surface area is 157 Å². The van der Waals surface area contributed by atoms with E-state index in [1.165, 1.54) is 0 Å². The smallest absolute Gasteiger partial charge is 0.255 e. The first kappa shape index (κ1) is 17.3. The van der Waals surface area contributed by atoms with Crippen molar-refractivity contribution in [1.82, 2.24) is 0 Å². The van der Waals surface area contributed by atoms with Crippen LogP contribution in [0.3, 0.4) is 0 Å². The maximum absolute atomic E-state index is 11.1. The molecule has 0 fully saturated rings. The van der Waals surface area contributed by atoms with E-state index in [1.807, 2.05) is 29.0 Å². The van der Waals surface area contributed by atoms with Gasteiger partial charge in [-0.3, -0.25) is 0 Å². The molecule has 3 aromatic rings. The Morgan fingerprint density at radius 1 is 0.852 bits per heavy atom. The fourth-order valence-corrected chi connectivity index (χ4v) is 3.82. The van der Waals surface area contributed by atoms with Crippen LogP contribution in [0.25, 0.3) is 22.0 Å². The van der Waals surface area contributed by atoms with Crippen LogP contribution < -0.4 is 23.5 Å². The molecule has 6 nitrogen and oxygen atoms in total. The number of benzene rings is 2. The van der Waals surface area contributed by atoms with E-state index in [4.69, 9.17) is 18.9 Å². The summed E-state index contributed by atoms with van der Waals surface area (Å²) in [5, 5.41) is 12.6. The van der Waals surface area contributed by atoms with Gasteiger partial charge in [0.25, 0.3) is 5.69 Å². The number of fused-ring (bicyclic) bond motifs is 4. The van der Waals surface area contributed by atoms with E-state index < -0.39 is 0 Å². The zero-order chi connectivity index (χ0) is 19.1. The average molecular weight is 368 g/mol. The molecule has 2 aromatic carbocycles. The van der Waals surface area contributed by atoms with Crippen molar-refractivity contribution in [1.29, 1.82) is 0 Å². The van der Waals surface area contributed by atoms with Gasteiger partial charge < -0.3 is 24.1 Å². The van der Waals surface area contributed by atoms with Gasteiger partial charge in [0.2, 0.25) is 0 Å². The molecule has 2 heterocycles. The molecule has 0 spiro atoms. The molecule has 1 aliphatic heterocycles. The van der Waals surface area contributed by atoms with Gasteiger partial charge in [-0.05, 0) is 29.8 Å². The zero-order valence-electron chi connectivity index (χ0n) is 15.8. The van der Waals surface area contributed by atoms with Gasteiger partial charge >= 0.3 is 0 Å². The summed E-state index contributed by atoms with van der Waals surface area (Å²) >= 11 is 0. The van der Waals surface area contributed by atoms with Gasteiger partial charge in [0.1, 0.15) is 0 Å². The van der Waals surface area contributed by atoms with Crippen LogP contribution in [0.4, 0.5) is 0 Å². The number of aromatic hydroxyl groups is 1. The molecule has 6 heteroatoms. The topological polar surface area (TPSA) is 61.0 Å². The fourth-order valence-electron chi connectivity index (χ4n) is 3.82. The van der Waals surface area contributed by atoms with E-state index in [1.54, 1.807) is 34.5 Å². The van der Waals surface area contributed by atoms with Gasteiger partial charge in [-0.1, -0.05) is 0 Å². The number of rotatable bonds is 4. The number of hydrogen-bond donors (Lipinski definition) is 1. The Hall–Kier alpha value is -3.15. The molecule has 1 aliphatic rings. The number of pyridine rings is 1. The van der Waals surface area contributed by atoms with Crippen molar-refractivity contribution in [2.45, 2.75) is 13.0 Å². The van der Waals surface area contributed by atoms with E-state index in [-0.39, 0.29) is 5.75 Å². The van der Waals surface area contributed by atoms with Crippen molar-refractivity contribution in [2.24, 2.45) is 0 Å². The molecule has 0 aliphatic carbocycles. The number of ether oxygens (including phenoxy) is 4. The minimum Gasteiger partial charge on any atom is -0.502 e. The minimum absolute atomic E-state index is 0.210. The van der Waals surface area contributed by atoms with E-state index in [0.29, 0.717) is 28.4 Å².